The van der Waals surface area contributed by atoms with Crippen LogP contribution in [0.25, 0.3) is 32.9 Å². The number of nitrogens with zero attached hydrogens (tertiary/aromatic N) is 6. The number of carbonyl (C=O) groups is 1. The molecule has 2 aromatic carbocycles. The molecule has 0 saturated carbocycles. The first-order valence-corrected chi connectivity index (χ1v) is 25.2. The summed E-state index contributed by atoms with van der Waals surface area (Å²) >= 11 is 0. The minimum absolute atomic E-state index is 0.0273. The van der Waals surface area contributed by atoms with E-state index in [-0.39, 0.29) is 64.3 Å². The van der Waals surface area contributed by atoms with Crippen LogP contribution >= 0.6 is 0 Å². The average molecular weight is 885 g/mol. The molecule has 14 heteroatoms. The Balaban J connectivity index is 1.23. The van der Waals surface area contributed by atoms with Crippen LogP contribution < -0.4 is 9.64 Å². The number of halogens is 4. The number of carbonyl (C=O) groups excluding carboxylic acids is 1. The van der Waals surface area contributed by atoms with E-state index in [9.17, 15) is 9.18 Å². The number of benzene rings is 2. The summed E-state index contributed by atoms with van der Waals surface area (Å²) in [7, 11) is -2.33. The zero-order chi connectivity index (χ0) is 44.9. The molecule has 4 fully saturated rings. The van der Waals surface area contributed by atoms with Crippen molar-refractivity contribution in [3.8, 4) is 28.7 Å². The predicted octanol–water partition coefficient (Wildman–Crippen LogP) is 11.0. The molecule has 9 nitrogen and oxygen atoms in total. The lowest BCUT2D eigenvalue weighted by atomic mass is 9.95. The summed E-state index contributed by atoms with van der Waals surface area (Å²) in [5, 5.41) is 1.17. The van der Waals surface area contributed by atoms with Crippen LogP contribution in [0.15, 0.2) is 30.3 Å². The molecule has 7 heterocycles. The highest BCUT2D eigenvalue weighted by Crippen LogP contribution is 2.49. The van der Waals surface area contributed by atoms with Crippen LogP contribution in [-0.4, -0.2) is 101 Å². The molecule has 63 heavy (non-hydrogen) atoms. The fourth-order valence-electron chi connectivity index (χ4n) is 12.3. The Kier molecular flexibility index (Phi) is 11.0. The minimum Gasteiger partial charge on any atom is -0.461 e. The highest BCUT2D eigenvalue weighted by molar-refractivity contribution is 6.90. The summed E-state index contributed by atoms with van der Waals surface area (Å²) in [6.45, 7) is 20.1. The molecule has 6 atom stereocenters. The Labute approximate surface area is 369 Å². The predicted molar refractivity (Wildman–Crippen MR) is 241 cm³/mol. The van der Waals surface area contributed by atoms with E-state index < -0.39 is 61.4 Å². The lowest BCUT2D eigenvalue weighted by Crippen LogP contribution is -2.62. The van der Waals surface area contributed by atoms with Crippen LogP contribution in [-0.2, 0) is 4.74 Å². The lowest BCUT2D eigenvalue weighted by Gasteiger charge is -2.47. The van der Waals surface area contributed by atoms with E-state index in [1.807, 2.05) is 31.7 Å². The molecular formula is C49H60F4N6O3Si. The van der Waals surface area contributed by atoms with Gasteiger partial charge in [0, 0.05) is 36.9 Å². The largest absolute Gasteiger partial charge is 0.461 e. The van der Waals surface area contributed by atoms with E-state index in [0.717, 1.165) is 19.4 Å². The smallest absolute Gasteiger partial charge is 0.410 e. The highest BCUT2D eigenvalue weighted by Gasteiger charge is 2.53. The van der Waals surface area contributed by atoms with Gasteiger partial charge in [0.25, 0.3) is 0 Å². The van der Waals surface area contributed by atoms with Crippen molar-refractivity contribution < 1.29 is 31.8 Å². The fourth-order valence-corrected chi connectivity index (χ4v) is 17.5. The molecule has 9 rings (SSSR count). The van der Waals surface area contributed by atoms with Gasteiger partial charge in [-0.25, -0.2) is 27.3 Å². The number of pyridine rings is 1. The molecule has 0 radical (unpaired) electrons. The molecule has 2 aromatic heterocycles. The maximum absolute atomic E-state index is 17.9. The number of hydrogen-bond donors (Lipinski definition) is 0. The van der Waals surface area contributed by atoms with Gasteiger partial charge in [-0.05, 0) is 81.1 Å². The van der Waals surface area contributed by atoms with E-state index in [2.05, 4.69) is 57.9 Å². The van der Waals surface area contributed by atoms with E-state index in [0.29, 0.717) is 59.7 Å². The normalized spacial score (nSPS) is 25.8. The monoisotopic (exact) mass is 884 g/mol. The molecular weight excluding hydrogens is 825 g/mol. The lowest BCUT2D eigenvalue weighted by molar-refractivity contribution is 0.00599. The molecule has 5 aliphatic rings. The van der Waals surface area contributed by atoms with Gasteiger partial charge in [0.2, 0.25) is 0 Å². The van der Waals surface area contributed by atoms with Crippen LogP contribution in [0.5, 0.6) is 6.01 Å². The van der Waals surface area contributed by atoms with Gasteiger partial charge in [0.05, 0.1) is 40.3 Å². The first kappa shape index (κ1) is 43.8. The van der Waals surface area contributed by atoms with Crippen LogP contribution in [0.1, 0.15) is 118 Å². The molecule has 2 bridgehead atoms. The van der Waals surface area contributed by atoms with E-state index in [1.54, 1.807) is 23.1 Å². The molecule has 336 valence electrons. The summed E-state index contributed by atoms with van der Waals surface area (Å²) in [4.78, 5) is 34.1. The second-order valence-electron chi connectivity index (χ2n) is 20.7. The Hall–Kier alpha value is -4.48. The number of alkyl halides is 2. The van der Waals surface area contributed by atoms with Crippen molar-refractivity contribution in [1.29, 1.82) is 0 Å². The van der Waals surface area contributed by atoms with Crippen molar-refractivity contribution >= 4 is 41.7 Å². The van der Waals surface area contributed by atoms with Gasteiger partial charge in [-0.3, -0.25) is 9.80 Å². The van der Waals surface area contributed by atoms with Crippen LogP contribution in [0.2, 0.25) is 16.6 Å². The number of anilines is 1. The number of amides is 1. The summed E-state index contributed by atoms with van der Waals surface area (Å²) in [6.07, 6.45) is 0.0927. The molecule has 0 aliphatic carbocycles. The van der Waals surface area contributed by atoms with Gasteiger partial charge < -0.3 is 14.4 Å². The van der Waals surface area contributed by atoms with Gasteiger partial charge in [-0.15, -0.1) is 5.54 Å². The Bertz CT molecular complexity index is 2520. The van der Waals surface area contributed by atoms with Gasteiger partial charge in [0.1, 0.15) is 55.5 Å². The summed E-state index contributed by atoms with van der Waals surface area (Å²) < 4.78 is 78.8. The third-order valence-electron chi connectivity index (χ3n) is 14.9. The Morgan fingerprint density at radius 1 is 0.952 bits per heavy atom. The highest BCUT2D eigenvalue weighted by atomic mass is 28.3. The third kappa shape index (κ3) is 7.24. The fraction of sp³-hybridized carbons (Fsp3) is 0.592. The van der Waals surface area contributed by atoms with E-state index >= 15 is 13.2 Å². The number of hydrogen-bond acceptors (Lipinski definition) is 8. The second-order valence-corrected chi connectivity index (χ2v) is 26.2. The molecule has 4 aromatic rings. The van der Waals surface area contributed by atoms with Gasteiger partial charge in [-0.2, -0.15) is 9.97 Å². The molecule has 0 unspecified atom stereocenters. The first-order chi connectivity index (χ1) is 29.8. The maximum atomic E-state index is 17.9. The van der Waals surface area contributed by atoms with E-state index in [4.69, 9.17) is 24.4 Å². The van der Waals surface area contributed by atoms with Crippen LogP contribution in [0.4, 0.5) is 28.2 Å². The Morgan fingerprint density at radius 2 is 1.70 bits per heavy atom. The maximum Gasteiger partial charge on any atom is 0.410 e. The average Bonchev–Trinajstić information content (AvgIpc) is 3.83. The zero-order valence-corrected chi connectivity index (χ0v) is 39.0. The first-order valence-electron chi connectivity index (χ1n) is 22.9. The van der Waals surface area contributed by atoms with Crippen molar-refractivity contribution in [2.24, 2.45) is 0 Å². The number of fused-ring (bicyclic) bond motifs is 7. The summed E-state index contributed by atoms with van der Waals surface area (Å²) in [5.41, 5.74) is 3.32. The topological polar surface area (TPSA) is 83.9 Å². The second kappa shape index (κ2) is 15.9. The number of ether oxygens (including phenoxy) is 2. The molecule has 5 aliphatic heterocycles. The minimum atomic E-state index is -2.33. The number of aromatic nitrogens is 3. The zero-order valence-electron chi connectivity index (χ0n) is 38.0. The van der Waals surface area contributed by atoms with Crippen molar-refractivity contribution in [1.82, 2.24) is 24.8 Å². The molecule has 0 spiro atoms. The van der Waals surface area contributed by atoms with Crippen LogP contribution in [0.3, 0.4) is 0 Å². The summed E-state index contributed by atoms with van der Waals surface area (Å²) in [6, 6.07) is 6.99. The summed E-state index contributed by atoms with van der Waals surface area (Å²) in [5.74, 6) is 2.25. The van der Waals surface area contributed by atoms with E-state index in [1.165, 1.54) is 6.07 Å². The number of rotatable bonds is 7. The Morgan fingerprint density at radius 3 is 2.41 bits per heavy atom. The van der Waals surface area contributed by atoms with Crippen molar-refractivity contribution in [3.05, 3.63) is 53.2 Å². The van der Waals surface area contributed by atoms with Crippen molar-refractivity contribution in [2.75, 3.05) is 31.1 Å². The SMILES string of the molecule is CC(C)[Si](C#Cc1c(F)ccc2cccc(-c3nc4c5c(nc(OC[C@@]67CCCN6C[C@H](F)C7)nc5c3F)N3C[C@H]5CC[C@@H]([C@H]3C[C@@H]4F)N5C(=O)OC(C)(C)C)c12)(C(C)C)C(C)C. The standard InChI is InChI=1S/C49H60F4N6O3Si/c1-27(2)63(28(3)4,29(5)6)21-18-33-35(51)16-14-30-12-10-13-34(39(30)33)42-41(53)44-40-43(54-42)36(52)22-38-37-17-15-32(59(37)47(60)62-48(7,8)9)25-58(38)45(40)56-46(55-44)61-26-49-19-11-20-57(49)24-31(50)23-49/h10,12-14,16,27-29,31-32,36-38H,11,15,17,19-20,22-26H2,1-9H3/t31-,32-,36+,37+,38-,49+/m1/s1. The van der Waals surface area contributed by atoms with Gasteiger partial charge in [-0.1, -0.05) is 71.7 Å². The van der Waals surface area contributed by atoms with Crippen molar-refractivity contribution in [3.63, 3.8) is 0 Å². The third-order valence-corrected chi connectivity index (χ3v) is 21.2. The quantitative estimate of drug-likeness (QED) is 0.103. The molecule has 4 saturated heterocycles. The van der Waals surface area contributed by atoms with Crippen LogP contribution in [0, 0.1) is 23.1 Å². The molecule has 1 amide bonds. The molecule has 0 N–H and O–H groups in total. The van der Waals surface area contributed by atoms with Gasteiger partial charge >= 0.3 is 12.1 Å². The number of piperazine rings is 1. The van der Waals surface area contributed by atoms with Crippen molar-refractivity contribution in [2.45, 2.75) is 159 Å². The van der Waals surface area contributed by atoms with Gasteiger partial charge in [0.15, 0.2) is 5.82 Å².